The number of aryl methyl sites for hydroxylation is 1. The van der Waals surface area contributed by atoms with Crippen molar-refractivity contribution in [3.05, 3.63) is 64.2 Å². The maximum atomic E-state index is 13.7. The molecule has 7 nitrogen and oxygen atoms in total. The predicted octanol–water partition coefficient (Wildman–Crippen LogP) is 7.39. The van der Waals surface area contributed by atoms with Crippen molar-refractivity contribution in [1.82, 2.24) is 5.32 Å². The van der Waals surface area contributed by atoms with E-state index in [9.17, 15) is 40.7 Å². The number of nitrogens with zero attached hydrogens (tertiary/aromatic N) is 1. The highest BCUT2D eigenvalue weighted by Crippen LogP contribution is 2.35. The Bertz CT molecular complexity index is 1440. The molecule has 0 saturated heterocycles. The van der Waals surface area contributed by atoms with E-state index in [1.807, 2.05) is 6.92 Å². The van der Waals surface area contributed by atoms with Gasteiger partial charge >= 0.3 is 18.3 Å². The zero-order valence-corrected chi connectivity index (χ0v) is 25.8. The lowest BCUT2D eigenvalue weighted by atomic mass is 9.83. The van der Waals surface area contributed by atoms with Crippen molar-refractivity contribution in [3.8, 4) is 0 Å². The van der Waals surface area contributed by atoms with Gasteiger partial charge in [-0.2, -0.15) is 26.3 Å². The van der Waals surface area contributed by atoms with Gasteiger partial charge in [-0.15, -0.1) is 0 Å². The fraction of sp³-hybridized carbons (Fsp3) is 0.484. The lowest BCUT2D eigenvalue weighted by molar-refractivity contribution is -0.171. The van der Waals surface area contributed by atoms with Gasteiger partial charge in [-0.3, -0.25) is 14.4 Å². The molecule has 1 aliphatic rings. The minimum atomic E-state index is -4.79. The average Bonchev–Trinajstić information content (AvgIpc) is 3.04. The first-order chi connectivity index (χ1) is 20.8. The van der Waals surface area contributed by atoms with E-state index in [1.54, 1.807) is 42.5 Å². The fourth-order valence-corrected chi connectivity index (χ4v) is 5.10. The number of benzene rings is 2. The molecule has 1 unspecified atom stereocenters. The Morgan fingerprint density at radius 2 is 1.58 bits per heavy atom. The molecule has 2 aromatic rings. The van der Waals surface area contributed by atoms with Crippen molar-refractivity contribution in [2.75, 3.05) is 5.32 Å². The van der Waals surface area contributed by atoms with Gasteiger partial charge in [-0.25, -0.2) is 4.99 Å². The van der Waals surface area contributed by atoms with Crippen LogP contribution in [0.3, 0.4) is 0 Å². The smallest absolute Gasteiger partial charge is 0.389 e. The summed E-state index contributed by atoms with van der Waals surface area (Å²) in [6.07, 6.45) is -16.0. The molecule has 0 aromatic heterocycles. The summed E-state index contributed by atoms with van der Waals surface area (Å²) in [5.41, 5.74) is 1.07. The molecule has 0 aliphatic carbocycles. The van der Waals surface area contributed by atoms with Crippen molar-refractivity contribution in [1.29, 1.82) is 0 Å². The van der Waals surface area contributed by atoms with Gasteiger partial charge in [0.1, 0.15) is 5.60 Å². The molecule has 3 atom stereocenters. The molecule has 246 valence electrons. The third kappa shape index (κ3) is 10.5. The number of anilines is 1. The van der Waals surface area contributed by atoms with Gasteiger partial charge in [0.05, 0.1) is 23.2 Å². The van der Waals surface area contributed by atoms with Crippen LogP contribution >= 0.6 is 11.6 Å². The predicted molar refractivity (Wildman–Crippen MR) is 157 cm³/mol. The summed E-state index contributed by atoms with van der Waals surface area (Å²) in [5.74, 6) is -7.20. The van der Waals surface area contributed by atoms with Gasteiger partial charge in [0.2, 0.25) is 12.1 Å². The minimum Gasteiger partial charge on any atom is -0.460 e. The van der Waals surface area contributed by atoms with E-state index in [4.69, 9.17) is 16.3 Å². The minimum absolute atomic E-state index is 0.221. The Balaban J connectivity index is 2.08. The average molecular weight is 662 g/mol. The Kier molecular flexibility index (Phi) is 11.3. The van der Waals surface area contributed by atoms with Crippen molar-refractivity contribution in [3.63, 3.8) is 0 Å². The lowest BCUT2D eigenvalue weighted by Crippen LogP contribution is -2.48. The summed E-state index contributed by atoms with van der Waals surface area (Å²) >= 11 is 6.20. The number of halogens is 7. The summed E-state index contributed by atoms with van der Waals surface area (Å²) in [6.45, 7) is 6.15. The van der Waals surface area contributed by atoms with Crippen LogP contribution in [0.15, 0.2) is 47.5 Å². The Morgan fingerprint density at radius 1 is 0.978 bits per heavy atom. The number of para-hydroxylation sites is 1. The van der Waals surface area contributed by atoms with Crippen LogP contribution in [0.4, 0.5) is 32.0 Å². The Morgan fingerprint density at radius 3 is 2.13 bits per heavy atom. The summed E-state index contributed by atoms with van der Waals surface area (Å²) in [5, 5.41) is 5.35. The van der Waals surface area contributed by atoms with Crippen LogP contribution in [0.2, 0.25) is 5.02 Å². The molecule has 45 heavy (non-hydrogen) atoms. The molecule has 0 saturated carbocycles. The van der Waals surface area contributed by atoms with Crippen LogP contribution in [0.25, 0.3) is 0 Å². The molecule has 14 heteroatoms. The lowest BCUT2D eigenvalue weighted by Gasteiger charge is -2.30. The van der Waals surface area contributed by atoms with Gasteiger partial charge in [-0.1, -0.05) is 48.9 Å². The second kappa shape index (κ2) is 14.2. The van der Waals surface area contributed by atoms with E-state index in [0.717, 1.165) is 5.56 Å². The van der Waals surface area contributed by atoms with Crippen molar-refractivity contribution >= 4 is 40.8 Å². The topological polar surface area (TPSA) is 96.9 Å². The molecule has 3 rings (SSSR count). The summed E-state index contributed by atoms with van der Waals surface area (Å²) < 4.78 is 84.9. The Hall–Kier alpha value is -3.61. The second-order valence-corrected chi connectivity index (χ2v) is 12.1. The van der Waals surface area contributed by atoms with Gasteiger partial charge in [0.25, 0.3) is 5.91 Å². The first-order valence-corrected chi connectivity index (χ1v) is 14.6. The maximum Gasteiger partial charge on any atom is 0.389 e. The van der Waals surface area contributed by atoms with Gasteiger partial charge in [0, 0.05) is 29.0 Å². The highest BCUT2D eigenvalue weighted by molar-refractivity contribution is 6.31. The Labute approximate surface area is 261 Å². The molecule has 0 fully saturated rings. The molecule has 2 aromatic carbocycles. The molecule has 2 N–H and O–H groups in total. The highest BCUT2D eigenvalue weighted by atomic mass is 35.5. The molecule has 0 radical (unpaired) electrons. The van der Waals surface area contributed by atoms with Crippen LogP contribution in [-0.2, 0) is 25.5 Å². The number of ether oxygens (including phenoxy) is 1. The normalized spacial score (nSPS) is 16.9. The monoisotopic (exact) mass is 661 g/mol. The van der Waals surface area contributed by atoms with E-state index in [-0.39, 0.29) is 5.71 Å². The number of alkyl halides is 6. The quantitative estimate of drug-likeness (QED) is 0.205. The summed E-state index contributed by atoms with van der Waals surface area (Å²) in [6, 6.07) is 11.7. The zero-order chi connectivity index (χ0) is 33.7. The SMILES string of the molecule is CCc1cccc2c1NC(=O)C(NC(=O)[C@H](CCC(F)(F)F)[C@H](CCC(F)(F)F)C(=O)OC(C)(C)C)N=C2c1cccc(Cl)c1. The van der Waals surface area contributed by atoms with E-state index < -0.39 is 79.4 Å². The number of esters is 1. The number of amides is 2. The van der Waals surface area contributed by atoms with E-state index in [1.165, 1.54) is 20.8 Å². The molecule has 0 bridgehead atoms. The van der Waals surface area contributed by atoms with Crippen LogP contribution in [0.1, 0.15) is 70.1 Å². The van der Waals surface area contributed by atoms with E-state index in [2.05, 4.69) is 15.6 Å². The maximum absolute atomic E-state index is 13.7. The van der Waals surface area contributed by atoms with Gasteiger partial charge < -0.3 is 15.4 Å². The van der Waals surface area contributed by atoms with Crippen LogP contribution in [0, 0.1) is 11.8 Å². The molecular formula is C31H34ClF6N3O4. The largest absolute Gasteiger partial charge is 0.460 e. The third-order valence-corrected chi connectivity index (χ3v) is 7.16. The van der Waals surface area contributed by atoms with Gasteiger partial charge in [-0.05, 0) is 57.7 Å². The first kappa shape index (κ1) is 35.9. The number of benzodiazepines with no additional fused rings is 1. The van der Waals surface area contributed by atoms with Crippen molar-refractivity contribution in [2.24, 2.45) is 16.8 Å². The number of hydrogen-bond acceptors (Lipinski definition) is 5. The van der Waals surface area contributed by atoms with Crippen molar-refractivity contribution < 1.29 is 45.5 Å². The summed E-state index contributed by atoms with van der Waals surface area (Å²) in [7, 11) is 0. The number of carbonyl (C=O) groups excluding carboxylic acids is 3. The number of carbonyl (C=O) groups is 3. The number of hydrogen-bond donors (Lipinski definition) is 2. The molecule has 1 heterocycles. The van der Waals surface area contributed by atoms with Crippen LogP contribution < -0.4 is 10.6 Å². The molecule has 0 spiro atoms. The molecule has 2 amide bonds. The summed E-state index contributed by atoms with van der Waals surface area (Å²) in [4.78, 5) is 44.6. The standard InChI is InChI=1S/C31H34ClF6N3O4/c1-5-17-8-7-11-22-23(17)40-27(43)25(39-24(22)18-9-6-10-19(32)16-18)41-26(42)20(12-14-30(33,34)35)21(13-15-31(36,37)38)28(44)45-29(2,3)4/h6-11,16,20-21,25H,5,12-15H2,1-4H3,(H,40,43)(H,41,42)/t20-,21+,25?/m1/s1. The van der Waals surface area contributed by atoms with Crippen LogP contribution in [-0.4, -0.2) is 47.6 Å². The molecular weight excluding hydrogens is 628 g/mol. The zero-order valence-electron chi connectivity index (χ0n) is 25.0. The number of nitrogens with one attached hydrogen (secondary N) is 2. The third-order valence-electron chi connectivity index (χ3n) is 6.93. The van der Waals surface area contributed by atoms with E-state index in [0.29, 0.717) is 28.3 Å². The number of fused-ring (bicyclic) bond motifs is 1. The van der Waals surface area contributed by atoms with Gasteiger partial charge in [0.15, 0.2) is 0 Å². The van der Waals surface area contributed by atoms with E-state index >= 15 is 0 Å². The van der Waals surface area contributed by atoms with Crippen LogP contribution in [0.5, 0.6) is 0 Å². The second-order valence-electron chi connectivity index (χ2n) is 11.6. The fourth-order valence-electron chi connectivity index (χ4n) is 4.91. The number of rotatable bonds is 10. The molecule has 1 aliphatic heterocycles. The first-order valence-electron chi connectivity index (χ1n) is 14.2. The highest BCUT2D eigenvalue weighted by Gasteiger charge is 2.42. The van der Waals surface area contributed by atoms with Crippen molar-refractivity contribution in [2.45, 2.75) is 83.9 Å². The number of aliphatic imine (C=N–C) groups is 1.